The number of nitrogens with zero attached hydrogens (tertiary/aromatic N) is 3. The molecule has 0 atom stereocenters. The van der Waals surface area contributed by atoms with Crippen molar-refractivity contribution in [2.75, 3.05) is 0 Å². The van der Waals surface area contributed by atoms with Crippen LogP contribution in [0.4, 0.5) is 0 Å². The van der Waals surface area contributed by atoms with Gasteiger partial charge in [0.1, 0.15) is 0 Å². The molecule has 4 nitrogen and oxygen atoms in total. The lowest BCUT2D eigenvalue weighted by atomic mass is 10.2. The van der Waals surface area contributed by atoms with E-state index in [2.05, 4.69) is 26.0 Å². The standard InChI is InChI=1S/C10H6BrN3OS/c11-6-1-2-10-8(3-6)9(15)4-7(16-10)5-13-14-12/h1-4H,5H2. The molecule has 0 radical (unpaired) electrons. The van der Waals surface area contributed by atoms with Gasteiger partial charge in [-0.15, -0.1) is 11.3 Å². The number of rotatable bonds is 2. The minimum absolute atomic E-state index is 0.0433. The summed E-state index contributed by atoms with van der Waals surface area (Å²) in [6.45, 7) is 0.225. The molecule has 0 N–H and O–H groups in total. The van der Waals surface area contributed by atoms with Crippen molar-refractivity contribution in [3.63, 3.8) is 0 Å². The van der Waals surface area contributed by atoms with Crippen LogP contribution >= 0.6 is 27.3 Å². The second kappa shape index (κ2) is 4.65. The zero-order valence-corrected chi connectivity index (χ0v) is 10.5. The van der Waals surface area contributed by atoms with E-state index in [4.69, 9.17) is 5.53 Å². The molecule has 1 aromatic heterocycles. The molecule has 0 saturated carbocycles. The van der Waals surface area contributed by atoms with Crippen LogP contribution in [0.5, 0.6) is 0 Å². The number of halogens is 1. The summed E-state index contributed by atoms with van der Waals surface area (Å²) < 4.78 is 1.78. The first-order valence-corrected chi connectivity index (χ1v) is 6.05. The van der Waals surface area contributed by atoms with Gasteiger partial charge in [-0.2, -0.15) is 0 Å². The summed E-state index contributed by atoms with van der Waals surface area (Å²) in [6, 6.07) is 7.08. The minimum Gasteiger partial charge on any atom is -0.289 e. The SMILES string of the molecule is [N-]=[N+]=NCc1cc(=O)c2cc(Br)ccc2s1. The Balaban J connectivity index is 2.63. The quantitative estimate of drug-likeness (QED) is 0.472. The van der Waals surface area contributed by atoms with Crippen LogP contribution in [0.25, 0.3) is 20.5 Å². The largest absolute Gasteiger partial charge is 0.289 e. The molecule has 80 valence electrons. The van der Waals surface area contributed by atoms with Crippen LogP contribution in [0.2, 0.25) is 0 Å². The molecule has 0 fully saturated rings. The van der Waals surface area contributed by atoms with Gasteiger partial charge < -0.3 is 0 Å². The second-order valence-electron chi connectivity index (χ2n) is 3.11. The van der Waals surface area contributed by atoms with Crippen molar-refractivity contribution in [3.05, 3.63) is 54.3 Å². The van der Waals surface area contributed by atoms with Gasteiger partial charge in [-0.05, 0) is 29.8 Å². The molecule has 16 heavy (non-hydrogen) atoms. The van der Waals surface area contributed by atoms with E-state index in [-0.39, 0.29) is 12.0 Å². The van der Waals surface area contributed by atoms with Gasteiger partial charge in [0.2, 0.25) is 0 Å². The highest BCUT2D eigenvalue weighted by atomic mass is 79.9. The van der Waals surface area contributed by atoms with Gasteiger partial charge in [-0.1, -0.05) is 21.0 Å². The fraction of sp³-hybridized carbons (Fsp3) is 0.100. The third-order valence-corrected chi connectivity index (χ3v) is 3.61. The summed E-state index contributed by atoms with van der Waals surface area (Å²) >= 11 is 4.79. The summed E-state index contributed by atoms with van der Waals surface area (Å²) in [6.07, 6.45) is 0. The van der Waals surface area contributed by atoms with Crippen molar-refractivity contribution >= 4 is 37.4 Å². The highest BCUT2D eigenvalue weighted by Gasteiger charge is 2.02. The van der Waals surface area contributed by atoms with Gasteiger partial charge in [0, 0.05) is 24.3 Å². The summed E-state index contributed by atoms with van der Waals surface area (Å²) in [5, 5.41) is 4.13. The fourth-order valence-corrected chi connectivity index (χ4v) is 2.70. The number of benzene rings is 1. The third kappa shape index (κ3) is 2.24. The molecule has 2 rings (SSSR count). The Labute approximate surface area is 103 Å². The molecule has 0 amide bonds. The Morgan fingerprint density at radius 2 is 2.25 bits per heavy atom. The smallest absolute Gasteiger partial charge is 0.188 e. The number of azide groups is 1. The van der Waals surface area contributed by atoms with Crippen molar-refractivity contribution in [2.24, 2.45) is 5.11 Å². The van der Waals surface area contributed by atoms with Crippen LogP contribution < -0.4 is 5.43 Å². The fourth-order valence-electron chi connectivity index (χ4n) is 1.36. The summed E-state index contributed by atoms with van der Waals surface area (Å²) in [5.41, 5.74) is 8.18. The van der Waals surface area contributed by atoms with Gasteiger partial charge in [-0.25, -0.2) is 0 Å². The molecule has 0 unspecified atom stereocenters. The average molecular weight is 296 g/mol. The zero-order chi connectivity index (χ0) is 11.5. The Morgan fingerprint density at radius 3 is 3.00 bits per heavy atom. The first kappa shape index (κ1) is 11.1. The molecular formula is C10H6BrN3OS. The maximum atomic E-state index is 11.8. The van der Waals surface area contributed by atoms with Gasteiger partial charge in [-0.3, -0.25) is 4.79 Å². The van der Waals surface area contributed by atoms with E-state index in [0.717, 1.165) is 14.0 Å². The van der Waals surface area contributed by atoms with E-state index < -0.39 is 0 Å². The van der Waals surface area contributed by atoms with Crippen molar-refractivity contribution in [2.45, 2.75) is 6.54 Å². The lowest BCUT2D eigenvalue weighted by Crippen LogP contribution is -1.99. The van der Waals surface area contributed by atoms with Crippen LogP contribution in [-0.2, 0) is 6.54 Å². The molecule has 1 heterocycles. The first-order valence-electron chi connectivity index (χ1n) is 4.44. The van der Waals surface area contributed by atoms with Crippen molar-refractivity contribution < 1.29 is 0 Å². The zero-order valence-electron chi connectivity index (χ0n) is 8.05. The van der Waals surface area contributed by atoms with E-state index >= 15 is 0 Å². The maximum Gasteiger partial charge on any atom is 0.188 e. The molecule has 0 bridgehead atoms. The second-order valence-corrected chi connectivity index (χ2v) is 5.19. The lowest BCUT2D eigenvalue weighted by molar-refractivity contribution is 1.08. The van der Waals surface area contributed by atoms with Crippen LogP contribution in [0.15, 0.2) is 38.6 Å². The van der Waals surface area contributed by atoms with E-state index in [9.17, 15) is 4.79 Å². The van der Waals surface area contributed by atoms with Gasteiger partial charge in [0.15, 0.2) is 5.43 Å². The van der Waals surface area contributed by atoms with E-state index in [1.807, 2.05) is 12.1 Å². The Kier molecular flexibility index (Phi) is 3.24. The molecule has 0 spiro atoms. The third-order valence-electron chi connectivity index (χ3n) is 2.03. The first-order chi connectivity index (χ1) is 7.70. The molecule has 0 aliphatic heterocycles. The normalized spacial score (nSPS) is 10.1. The molecular weight excluding hydrogens is 290 g/mol. The van der Waals surface area contributed by atoms with Crippen LogP contribution in [0, 0.1) is 0 Å². The van der Waals surface area contributed by atoms with Gasteiger partial charge >= 0.3 is 0 Å². The van der Waals surface area contributed by atoms with Gasteiger partial charge in [0.05, 0.1) is 6.54 Å². The highest BCUT2D eigenvalue weighted by molar-refractivity contribution is 9.10. The van der Waals surface area contributed by atoms with Crippen molar-refractivity contribution in [1.29, 1.82) is 0 Å². The minimum atomic E-state index is -0.0433. The summed E-state index contributed by atoms with van der Waals surface area (Å²) in [7, 11) is 0. The Hall–Kier alpha value is -1.36. The van der Waals surface area contributed by atoms with Crippen molar-refractivity contribution in [3.8, 4) is 0 Å². The van der Waals surface area contributed by atoms with Crippen LogP contribution in [-0.4, -0.2) is 0 Å². The number of hydrogen-bond donors (Lipinski definition) is 0. The topological polar surface area (TPSA) is 65.8 Å². The monoisotopic (exact) mass is 295 g/mol. The Morgan fingerprint density at radius 1 is 1.44 bits per heavy atom. The molecule has 0 saturated heterocycles. The van der Waals surface area contributed by atoms with Crippen molar-refractivity contribution in [1.82, 2.24) is 0 Å². The highest BCUT2D eigenvalue weighted by Crippen LogP contribution is 2.22. The molecule has 0 aliphatic carbocycles. The molecule has 0 aliphatic rings. The van der Waals surface area contributed by atoms with Crippen LogP contribution in [0.1, 0.15) is 4.88 Å². The summed E-state index contributed by atoms with van der Waals surface area (Å²) in [5.74, 6) is 0. The van der Waals surface area contributed by atoms with Gasteiger partial charge in [0.25, 0.3) is 0 Å². The predicted octanol–water partition coefficient (Wildman–Crippen LogP) is 3.83. The molecule has 1 aromatic carbocycles. The predicted molar refractivity (Wildman–Crippen MR) is 68.6 cm³/mol. The van der Waals surface area contributed by atoms with E-state index in [1.165, 1.54) is 17.4 Å². The lowest BCUT2D eigenvalue weighted by Gasteiger charge is -1.99. The maximum absolute atomic E-state index is 11.8. The molecule has 2 aromatic rings. The van der Waals surface area contributed by atoms with E-state index in [1.54, 1.807) is 6.07 Å². The van der Waals surface area contributed by atoms with Crippen LogP contribution in [0.3, 0.4) is 0 Å². The number of hydrogen-bond acceptors (Lipinski definition) is 3. The summed E-state index contributed by atoms with van der Waals surface area (Å²) in [4.78, 5) is 15.2. The van der Waals surface area contributed by atoms with E-state index in [0.29, 0.717) is 5.39 Å². The molecule has 6 heteroatoms. The Bertz CT molecular complexity index is 646. The number of fused-ring (bicyclic) bond motifs is 1. The average Bonchev–Trinajstić information content (AvgIpc) is 2.27.